The normalized spacial score (nSPS) is 12.4. The first-order valence-electron chi connectivity index (χ1n) is 6.92. The van der Waals surface area contributed by atoms with Crippen molar-refractivity contribution in [1.29, 1.82) is 0 Å². The van der Waals surface area contributed by atoms with Gasteiger partial charge in [-0.3, -0.25) is 4.79 Å². The fourth-order valence-electron chi connectivity index (χ4n) is 2.03. The molecule has 0 radical (unpaired) electrons. The molecule has 0 N–H and O–H groups in total. The number of carbonyl (C=O) groups excluding carboxylic acids is 1. The Kier molecular flexibility index (Phi) is 4.00. The lowest BCUT2D eigenvalue weighted by molar-refractivity contribution is 0.101. The fraction of sp³-hybridized carbons (Fsp3) is 0.375. The molecule has 0 aliphatic carbocycles. The maximum absolute atomic E-state index is 11.8. The summed E-state index contributed by atoms with van der Waals surface area (Å²) in [5, 5.41) is 4.51. The van der Waals surface area contributed by atoms with Crippen LogP contribution < -0.4 is 0 Å². The average molecular weight is 320 g/mol. The van der Waals surface area contributed by atoms with E-state index in [1.54, 1.807) is 22.9 Å². The summed E-state index contributed by atoms with van der Waals surface area (Å²) in [6.07, 6.45) is 1.16. The minimum atomic E-state index is -3.24. The van der Waals surface area contributed by atoms with Crippen LogP contribution >= 0.6 is 0 Å². The fourth-order valence-corrected chi connectivity index (χ4v) is 2.66. The number of hydrogen-bond acceptors (Lipinski definition) is 4. The largest absolute Gasteiger partial charge is 0.293 e. The Morgan fingerprint density at radius 3 is 2.09 bits per heavy atom. The molecule has 0 unspecified atom stereocenters. The standard InChI is InChI=1S/C16H20N2O3S/c1-11(19)14-10-15(16(2,3)4)17-18(14)12-6-8-13(9-7-12)22(5,20)21/h6-10H,1-5H3. The van der Waals surface area contributed by atoms with E-state index in [0.717, 1.165) is 11.9 Å². The highest BCUT2D eigenvalue weighted by molar-refractivity contribution is 7.90. The summed E-state index contributed by atoms with van der Waals surface area (Å²) in [5.41, 5.74) is 1.78. The molecule has 2 aromatic rings. The number of sulfone groups is 1. The zero-order valence-electron chi connectivity index (χ0n) is 13.4. The summed E-state index contributed by atoms with van der Waals surface area (Å²) in [4.78, 5) is 12.1. The van der Waals surface area contributed by atoms with Crippen molar-refractivity contribution in [3.63, 3.8) is 0 Å². The lowest BCUT2D eigenvalue weighted by Gasteiger charge is -2.14. The van der Waals surface area contributed by atoms with Gasteiger partial charge in [-0.25, -0.2) is 13.1 Å². The van der Waals surface area contributed by atoms with Crippen molar-refractivity contribution >= 4 is 15.6 Å². The molecular formula is C16H20N2O3S. The number of ketones is 1. The highest BCUT2D eigenvalue weighted by atomic mass is 32.2. The first-order valence-corrected chi connectivity index (χ1v) is 8.81. The molecule has 0 fully saturated rings. The van der Waals surface area contributed by atoms with E-state index in [9.17, 15) is 13.2 Å². The van der Waals surface area contributed by atoms with Crippen LogP contribution in [-0.4, -0.2) is 30.2 Å². The molecule has 0 saturated carbocycles. The topological polar surface area (TPSA) is 69.0 Å². The smallest absolute Gasteiger partial charge is 0.178 e. The van der Waals surface area contributed by atoms with Gasteiger partial charge in [0.1, 0.15) is 5.69 Å². The zero-order chi connectivity index (χ0) is 16.7. The van der Waals surface area contributed by atoms with E-state index in [4.69, 9.17) is 0 Å². The molecule has 118 valence electrons. The number of hydrogen-bond donors (Lipinski definition) is 0. The van der Waals surface area contributed by atoms with Crippen LogP contribution in [-0.2, 0) is 15.3 Å². The molecule has 1 heterocycles. The van der Waals surface area contributed by atoms with Crippen molar-refractivity contribution in [2.24, 2.45) is 0 Å². The molecule has 1 aromatic carbocycles. The highest BCUT2D eigenvalue weighted by Crippen LogP contribution is 2.24. The van der Waals surface area contributed by atoms with Crippen LogP contribution in [0.2, 0.25) is 0 Å². The predicted octanol–water partition coefficient (Wildman–Crippen LogP) is 2.78. The van der Waals surface area contributed by atoms with Crippen molar-refractivity contribution in [1.82, 2.24) is 9.78 Å². The van der Waals surface area contributed by atoms with Crippen LogP contribution in [0.25, 0.3) is 5.69 Å². The first-order chi connectivity index (χ1) is 10.00. The van der Waals surface area contributed by atoms with Crippen molar-refractivity contribution in [2.45, 2.75) is 38.0 Å². The van der Waals surface area contributed by atoms with Gasteiger partial charge in [0.05, 0.1) is 16.3 Å². The van der Waals surface area contributed by atoms with Gasteiger partial charge < -0.3 is 0 Å². The Bertz CT molecular complexity index is 810. The number of Topliss-reactive ketones (excluding diaryl/α,β-unsaturated/α-hetero) is 1. The summed E-state index contributed by atoms with van der Waals surface area (Å²) < 4.78 is 24.6. The monoisotopic (exact) mass is 320 g/mol. The summed E-state index contributed by atoms with van der Waals surface area (Å²) >= 11 is 0. The van der Waals surface area contributed by atoms with Gasteiger partial charge >= 0.3 is 0 Å². The number of aromatic nitrogens is 2. The molecule has 22 heavy (non-hydrogen) atoms. The van der Waals surface area contributed by atoms with Gasteiger partial charge in [-0.15, -0.1) is 0 Å². The average Bonchev–Trinajstić information content (AvgIpc) is 2.82. The lowest BCUT2D eigenvalue weighted by atomic mass is 9.92. The lowest BCUT2D eigenvalue weighted by Crippen LogP contribution is -2.12. The SMILES string of the molecule is CC(=O)c1cc(C(C)(C)C)nn1-c1ccc(S(C)(=O)=O)cc1. The van der Waals surface area contributed by atoms with E-state index in [-0.39, 0.29) is 16.1 Å². The predicted molar refractivity (Wildman–Crippen MR) is 85.4 cm³/mol. The van der Waals surface area contributed by atoms with Crippen molar-refractivity contribution < 1.29 is 13.2 Å². The van der Waals surface area contributed by atoms with Gasteiger partial charge in [-0.05, 0) is 30.3 Å². The Morgan fingerprint density at radius 2 is 1.68 bits per heavy atom. The van der Waals surface area contributed by atoms with Crippen LogP contribution in [0.3, 0.4) is 0 Å². The molecule has 0 aliphatic heterocycles. The maximum Gasteiger partial charge on any atom is 0.178 e. The summed E-state index contributed by atoms with van der Waals surface area (Å²) in [5.74, 6) is -0.0878. The zero-order valence-corrected chi connectivity index (χ0v) is 14.2. The van der Waals surface area contributed by atoms with E-state index >= 15 is 0 Å². The van der Waals surface area contributed by atoms with Crippen LogP contribution in [0.15, 0.2) is 35.2 Å². The second-order valence-electron chi connectivity index (χ2n) is 6.40. The van der Waals surface area contributed by atoms with Crippen molar-refractivity contribution in [2.75, 3.05) is 6.26 Å². The number of nitrogens with zero attached hydrogens (tertiary/aromatic N) is 2. The van der Waals surface area contributed by atoms with E-state index in [2.05, 4.69) is 5.10 Å². The van der Waals surface area contributed by atoms with E-state index in [1.807, 2.05) is 20.8 Å². The molecule has 0 saturated heterocycles. The number of carbonyl (C=O) groups is 1. The molecule has 6 heteroatoms. The van der Waals surface area contributed by atoms with Crippen LogP contribution in [0.4, 0.5) is 0 Å². The summed E-state index contributed by atoms with van der Waals surface area (Å²) in [6, 6.07) is 8.14. The Morgan fingerprint density at radius 1 is 1.14 bits per heavy atom. The van der Waals surface area contributed by atoms with Gasteiger partial charge in [0.15, 0.2) is 15.6 Å². The second kappa shape index (κ2) is 5.35. The Hall–Kier alpha value is -1.95. The quantitative estimate of drug-likeness (QED) is 0.816. The third-order valence-electron chi connectivity index (χ3n) is 3.35. The van der Waals surface area contributed by atoms with Crippen molar-refractivity contribution in [3.05, 3.63) is 41.7 Å². The van der Waals surface area contributed by atoms with Gasteiger partial charge in [0, 0.05) is 18.6 Å². The van der Waals surface area contributed by atoms with Gasteiger partial charge in [0.25, 0.3) is 0 Å². The van der Waals surface area contributed by atoms with Gasteiger partial charge in [-0.1, -0.05) is 20.8 Å². The molecule has 5 nitrogen and oxygen atoms in total. The summed E-state index contributed by atoms with van der Waals surface area (Å²) in [6.45, 7) is 7.56. The molecule has 0 bridgehead atoms. The molecule has 0 aliphatic rings. The maximum atomic E-state index is 11.8. The third kappa shape index (κ3) is 3.27. The van der Waals surface area contributed by atoms with Gasteiger partial charge in [0.2, 0.25) is 0 Å². The molecule has 0 spiro atoms. The molecular weight excluding hydrogens is 300 g/mol. The second-order valence-corrected chi connectivity index (χ2v) is 8.41. The minimum absolute atomic E-state index is 0.0878. The molecule has 0 amide bonds. The van der Waals surface area contributed by atoms with Crippen LogP contribution in [0, 0.1) is 0 Å². The molecule has 0 atom stereocenters. The summed E-state index contributed by atoms with van der Waals surface area (Å²) in [7, 11) is -3.24. The highest BCUT2D eigenvalue weighted by Gasteiger charge is 2.22. The minimum Gasteiger partial charge on any atom is -0.293 e. The van der Waals surface area contributed by atoms with E-state index in [1.165, 1.54) is 19.1 Å². The van der Waals surface area contributed by atoms with Crippen molar-refractivity contribution in [3.8, 4) is 5.69 Å². The van der Waals surface area contributed by atoms with Gasteiger partial charge in [-0.2, -0.15) is 5.10 Å². The number of rotatable bonds is 3. The number of benzene rings is 1. The van der Waals surface area contributed by atoms with Crippen LogP contribution in [0.1, 0.15) is 43.9 Å². The Balaban J connectivity index is 2.57. The molecule has 1 aromatic heterocycles. The molecule has 2 rings (SSSR count). The van der Waals surface area contributed by atoms with E-state index in [0.29, 0.717) is 11.4 Å². The Labute approximate surface area is 130 Å². The third-order valence-corrected chi connectivity index (χ3v) is 4.48. The van der Waals surface area contributed by atoms with Crippen LogP contribution in [0.5, 0.6) is 0 Å². The first kappa shape index (κ1) is 16.4. The van der Waals surface area contributed by atoms with E-state index < -0.39 is 9.84 Å².